The van der Waals surface area contributed by atoms with Crippen LogP contribution in [0.25, 0.3) is 11.6 Å². The van der Waals surface area contributed by atoms with Crippen LogP contribution in [0.1, 0.15) is 24.5 Å². The van der Waals surface area contributed by atoms with Gasteiger partial charge in [0.25, 0.3) is 0 Å². The summed E-state index contributed by atoms with van der Waals surface area (Å²) in [5.74, 6) is 0. The maximum atomic E-state index is 2.29. The van der Waals surface area contributed by atoms with Gasteiger partial charge in [-0.15, -0.1) is 0 Å². The molecular weight excluding hydrogens is 374 g/mol. The molecule has 0 aliphatic heterocycles. The van der Waals surface area contributed by atoms with Crippen LogP contribution in [-0.2, 0) is 0 Å². The maximum absolute atomic E-state index is 2.29. The van der Waals surface area contributed by atoms with E-state index in [1.165, 1.54) is 16.7 Å². The molecule has 0 spiro atoms. The lowest BCUT2D eigenvalue weighted by Crippen LogP contribution is -2.09. The van der Waals surface area contributed by atoms with Crippen molar-refractivity contribution in [2.45, 2.75) is 13.3 Å². The van der Waals surface area contributed by atoms with E-state index in [0.717, 1.165) is 23.5 Å². The number of benzene rings is 4. The van der Waals surface area contributed by atoms with Crippen LogP contribution in [0.15, 0.2) is 127 Å². The average Bonchev–Trinajstić information content (AvgIpc) is 2.85. The average molecular weight is 402 g/mol. The molecule has 0 radical (unpaired) electrons. The van der Waals surface area contributed by atoms with Crippen molar-refractivity contribution in [2.24, 2.45) is 0 Å². The molecule has 0 atom stereocenters. The number of anilines is 3. The van der Waals surface area contributed by atoms with Crippen LogP contribution < -0.4 is 4.90 Å². The van der Waals surface area contributed by atoms with Gasteiger partial charge in [-0.05, 0) is 59.5 Å². The van der Waals surface area contributed by atoms with Crippen LogP contribution in [0.3, 0.4) is 0 Å². The Morgan fingerprint density at radius 1 is 0.613 bits per heavy atom. The number of hydrogen-bond acceptors (Lipinski definition) is 1. The van der Waals surface area contributed by atoms with Gasteiger partial charge in [0.1, 0.15) is 0 Å². The molecule has 0 unspecified atom stereocenters. The second-order valence-electron chi connectivity index (χ2n) is 7.37. The van der Waals surface area contributed by atoms with E-state index >= 15 is 0 Å². The molecule has 4 aromatic rings. The Labute approximate surface area is 185 Å². The molecule has 0 aromatic heterocycles. The van der Waals surface area contributed by atoms with E-state index in [1.807, 2.05) is 6.07 Å². The summed E-state index contributed by atoms with van der Waals surface area (Å²) >= 11 is 0. The Bertz CT molecular complexity index is 1090. The summed E-state index contributed by atoms with van der Waals surface area (Å²) in [5.41, 5.74) is 7.24. The first-order valence-corrected chi connectivity index (χ1v) is 10.8. The van der Waals surface area contributed by atoms with E-state index < -0.39 is 0 Å². The van der Waals surface area contributed by atoms with E-state index in [0.29, 0.717) is 0 Å². The summed E-state index contributed by atoms with van der Waals surface area (Å²) in [5, 5.41) is 0. The van der Waals surface area contributed by atoms with E-state index in [-0.39, 0.29) is 0 Å². The van der Waals surface area contributed by atoms with Gasteiger partial charge in [0.15, 0.2) is 0 Å². The van der Waals surface area contributed by atoms with Crippen LogP contribution in [0.2, 0.25) is 0 Å². The highest BCUT2D eigenvalue weighted by molar-refractivity contribution is 5.78. The van der Waals surface area contributed by atoms with Crippen molar-refractivity contribution in [3.05, 3.63) is 139 Å². The predicted molar refractivity (Wildman–Crippen MR) is 135 cm³/mol. The van der Waals surface area contributed by atoms with Gasteiger partial charge in [-0.3, -0.25) is 0 Å². The minimum Gasteiger partial charge on any atom is -0.311 e. The van der Waals surface area contributed by atoms with Gasteiger partial charge in [-0.2, -0.15) is 0 Å². The molecule has 0 saturated heterocycles. The molecule has 0 bridgehead atoms. The lowest BCUT2D eigenvalue weighted by atomic mass is 10.0. The first-order valence-electron chi connectivity index (χ1n) is 10.8. The van der Waals surface area contributed by atoms with Crippen LogP contribution in [-0.4, -0.2) is 0 Å². The number of allylic oxidation sites excluding steroid dienone is 3. The molecule has 0 heterocycles. The van der Waals surface area contributed by atoms with Crippen molar-refractivity contribution in [1.29, 1.82) is 0 Å². The standard InChI is InChI=1S/C30H27N/c1-2-26(16-12-15-25-13-6-3-7-14-25)27-21-23-30(24-22-27)31(28-17-8-4-9-18-28)29-19-10-5-11-20-29/h3-24H,2H2,1H3. The summed E-state index contributed by atoms with van der Waals surface area (Å²) in [7, 11) is 0. The number of rotatable bonds is 7. The minimum absolute atomic E-state index is 0.986. The van der Waals surface area contributed by atoms with Gasteiger partial charge in [0.05, 0.1) is 0 Å². The van der Waals surface area contributed by atoms with Gasteiger partial charge < -0.3 is 4.90 Å². The fraction of sp³-hybridized carbons (Fsp3) is 0.0667. The maximum Gasteiger partial charge on any atom is 0.0462 e. The van der Waals surface area contributed by atoms with Crippen molar-refractivity contribution in [2.75, 3.05) is 4.90 Å². The minimum atomic E-state index is 0.986. The Hall–Kier alpha value is -3.84. The van der Waals surface area contributed by atoms with E-state index in [2.05, 4.69) is 139 Å². The van der Waals surface area contributed by atoms with Gasteiger partial charge in [0, 0.05) is 17.1 Å². The van der Waals surface area contributed by atoms with Crippen LogP contribution in [0, 0.1) is 0 Å². The SMILES string of the molecule is CCC(=CC=Cc1ccccc1)c1ccc(N(c2ccccc2)c2ccccc2)cc1. The molecular formula is C30H27N. The molecule has 0 aliphatic carbocycles. The van der Waals surface area contributed by atoms with Crippen molar-refractivity contribution >= 4 is 28.7 Å². The molecule has 0 aliphatic rings. The molecule has 0 saturated carbocycles. The number of para-hydroxylation sites is 2. The highest BCUT2D eigenvalue weighted by Gasteiger charge is 2.11. The second kappa shape index (κ2) is 10.3. The summed E-state index contributed by atoms with van der Waals surface area (Å²) in [6.45, 7) is 2.20. The van der Waals surface area contributed by atoms with E-state index in [1.54, 1.807) is 0 Å². The zero-order valence-corrected chi connectivity index (χ0v) is 17.9. The van der Waals surface area contributed by atoms with E-state index in [9.17, 15) is 0 Å². The highest BCUT2D eigenvalue weighted by atomic mass is 15.1. The number of hydrogen-bond donors (Lipinski definition) is 0. The molecule has 152 valence electrons. The molecule has 31 heavy (non-hydrogen) atoms. The third-order valence-electron chi connectivity index (χ3n) is 5.29. The highest BCUT2D eigenvalue weighted by Crippen LogP contribution is 2.34. The molecule has 0 fully saturated rings. The van der Waals surface area contributed by atoms with Gasteiger partial charge in [-0.25, -0.2) is 0 Å². The third kappa shape index (κ3) is 5.21. The van der Waals surface area contributed by atoms with E-state index in [4.69, 9.17) is 0 Å². The largest absolute Gasteiger partial charge is 0.311 e. The zero-order valence-electron chi connectivity index (χ0n) is 17.9. The molecule has 0 N–H and O–H groups in total. The lowest BCUT2D eigenvalue weighted by Gasteiger charge is -2.25. The fourth-order valence-corrected chi connectivity index (χ4v) is 3.68. The molecule has 1 nitrogen and oxygen atoms in total. The lowest BCUT2D eigenvalue weighted by molar-refractivity contribution is 1.23. The predicted octanol–water partition coefficient (Wildman–Crippen LogP) is 8.66. The fourth-order valence-electron chi connectivity index (χ4n) is 3.68. The van der Waals surface area contributed by atoms with Gasteiger partial charge in [0.2, 0.25) is 0 Å². The van der Waals surface area contributed by atoms with Gasteiger partial charge >= 0.3 is 0 Å². The van der Waals surface area contributed by atoms with Crippen LogP contribution in [0.5, 0.6) is 0 Å². The zero-order chi connectivity index (χ0) is 21.3. The topological polar surface area (TPSA) is 3.24 Å². The monoisotopic (exact) mass is 401 g/mol. The Kier molecular flexibility index (Phi) is 6.77. The Morgan fingerprint density at radius 2 is 1.10 bits per heavy atom. The van der Waals surface area contributed by atoms with Crippen LogP contribution in [0.4, 0.5) is 17.1 Å². The number of nitrogens with zero attached hydrogens (tertiary/aromatic N) is 1. The first kappa shape index (κ1) is 20.4. The summed E-state index contributed by atoms with van der Waals surface area (Å²) in [4.78, 5) is 2.29. The molecule has 0 amide bonds. The van der Waals surface area contributed by atoms with Crippen molar-refractivity contribution in [3.8, 4) is 0 Å². The summed E-state index contributed by atoms with van der Waals surface area (Å²) in [6, 6.07) is 40.3. The normalized spacial score (nSPS) is 11.6. The Balaban J connectivity index is 1.62. The first-order chi connectivity index (χ1) is 15.3. The molecule has 1 heteroatoms. The second-order valence-corrected chi connectivity index (χ2v) is 7.37. The molecule has 4 aromatic carbocycles. The van der Waals surface area contributed by atoms with Crippen molar-refractivity contribution in [3.63, 3.8) is 0 Å². The molecule has 4 rings (SSSR count). The smallest absolute Gasteiger partial charge is 0.0462 e. The third-order valence-corrected chi connectivity index (χ3v) is 5.29. The van der Waals surface area contributed by atoms with Crippen molar-refractivity contribution < 1.29 is 0 Å². The van der Waals surface area contributed by atoms with Gasteiger partial charge in [-0.1, -0.05) is 104 Å². The van der Waals surface area contributed by atoms with Crippen LogP contribution >= 0.6 is 0 Å². The quantitative estimate of drug-likeness (QED) is 0.280. The summed E-state index contributed by atoms with van der Waals surface area (Å²) in [6.07, 6.45) is 7.49. The Morgan fingerprint density at radius 3 is 1.61 bits per heavy atom. The summed E-state index contributed by atoms with van der Waals surface area (Å²) < 4.78 is 0. The van der Waals surface area contributed by atoms with Crippen molar-refractivity contribution in [1.82, 2.24) is 0 Å².